The van der Waals surface area contributed by atoms with Crippen LogP contribution in [0.5, 0.6) is 0 Å². The molecular formula is C12H16N2O4. The fraction of sp³-hybridized carbons (Fsp3) is 0.500. The molecule has 1 aliphatic rings. The van der Waals surface area contributed by atoms with Gasteiger partial charge in [0.15, 0.2) is 0 Å². The summed E-state index contributed by atoms with van der Waals surface area (Å²) >= 11 is 0. The summed E-state index contributed by atoms with van der Waals surface area (Å²) in [6.07, 6.45) is 0. The molecule has 1 fully saturated rings. The molecule has 2 heterocycles. The van der Waals surface area contributed by atoms with Crippen LogP contribution in [0, 0.1) is 0 Å². The molecule has 1 saturated heterocycles. The lowest BCUT2D eigenvalue weighted by atomic mass is 10.3. The highest BCUT2D eigenvalue weighted by Crippen LogP contribution is 2.00. The maximum absolute atomic E-state index is 11.7. The topological polar surface area (TPSA) is 71.8 Å². The number of ether oxygens (including phenoxy) is 1. The van der Waals surface area contributed by atoms with Gasteiger partial charge in [-0.25, -0.2) is 4.79 Å². The average molecular weight is 252 g/mol. The fourth-order valence-electron chi connectivity index (χ4n) is 2.00. The lowest BCUT2D eigenvalue weighted by molar-refractivity contribution is 0.0359. The molecule has 1 aliphatic heterocycles. The van der Waals surface area contributed by atoms with E-state index < -0.39 is 5.97 Å². The molecule has 0 atom stereocenters. The van der Waals surface area contributed by atoms with Gasteiger partial charge in [0.25, 0.3) is 5.56 Å². The van der Waals surface area contributed by atoms with Gasteiger partial charge in [-0.1, -0.05) is 6.07 Å². The SMILES string of the molecule is O=C(O)c1cccc(=O)n1CCN1CCOCC1. The fourth-order valence-corrected chi connectivity index (χ4v) is 2.00. The van der Waals surface area contributed by atoms with E-state index in [1.807, 2.05) is 0 Å². The Balaban J connectivity index is 2.08. The number of aromatic nitrogens is 1. The highest BCUT2D eigenvalue weighted by atomic mass is 16.5. The molecule has 0 unspecified atom stereocenters. The van der Waals surface area contributed by atoms with E-state index >= 15 is 0 Å². The predicted molar refractivity (Wildman–Crippen MR) is 64.9 cm³/mol. The number of carboxylic acids is 1. The molecule has 2 rings (SSSR count). The van der Waals surface area contributed by atoms with Crippen LogP contribution in [-0.4, -0.2) is 53.4 Å². The van der Waals surface area contributed by atoms with Gasteiger partial charge in [-0.05, 0) is 6.07 Å². The van der Waals surface area contributed by atoms with E-state index in [0.29, 0.717) is 26.3 Å². The first-order valence-corrected chi connectivity index (χ1v) is 5.92. The summed E-state index contributed by atoms with van der Waals surface area (Å²) in [5.74, 6) is -1.07. The summed E-state index contributed by atoms with van der Waals surface area (Å²) in [4.78, 5) is 24.9. The molecule has 0 spiro atoms. The van der Waals surface area contributed by atoms with Crippen LogP contribution in [0.25, 0.3) is 0 Å². The summed E-state index contributed by atoms with van der Waals surface area (Å²) in [5, 5.41) is 9.03. The Morgan fingerprint density at radius 1 is 1.28 bits per heavy atom. The Hall–Kier alpha value is -1.66. The van der Waals surface area contributed by atoms with Crippen LogP contribution in [0.2, 0.25) is 0 Å². The Labute approximate surface area is 104 Å². The minimum Gasteiger partial charge on any atom is -0.477 e. The van der Waals surface area contributed by atoms with Crippen molar-refractivity contribution in [1.82, 2.24) is 9.47 Å². The van der Waals surface area contributed by atoms with Gasteiger partial charge in [0.2, 0.25) is 0 Å². The first kappa shape index (κ1) is 12.8. The van der Waals surface area contributed by atoms with E-state index in [1.165, 1.54) is 22.8 Å². The summed E-state index contributed by atoms with van der Waals surface area (Å²) in [7, 11) is 0. The molecule has 6 heteroatoms. The number of carbonyl (C=O) groups is 1. The molecule has 0 aromatic carbocycles. The smallest absolute Gasteiger partial charge is 0.352 e. The standard InChI is InChI=1S/C12H16N2O4/c15-11-3-1-2-10(12(16)17)14(11)5-4-13-6-8-18-9-7-13/h1-3H,4-9H2,(H,16,17). The second-order valence-corrected chi connectivity index (χ2v) is 4.16. The van der Waals surface area contributed by atoms with Gasteiger partial charge in [0.1, 0.15) is 5.69 Å². The predicted octanol–water partition coefficient (Wildman–Crippen LogP) is -0.121. The van der Waals surface area contributed by atoms with Crippen LogP contribution < -0.4 is 5.56 Å². The van der Waals surface area contributed by atoms with Crippen LogP contribution in [0.1, 0.15) is 10.5 Å². The molecule has 0 radical (unpaired) electrons. The third-order valence-corrected chi connectivity index (χ3v) is 3.01. The largest absolute Gasteiger partial charge is 0.477 e. The Morgan fingerprint density at radius 2 is 2.00 bits per heavy atom. The minimum atomic E-state index is -1.07. The van der Waals surface area contributed by atoms with Crippen molar-refractivity contribution in [3.05, 3.63) is 34.2 Å². The van der Waals surface area contributed by atoms with Gasteiger partial charge in [0.05, 0.1) is 13.2 Å². The summed E-state index contributed by atoms with van der Waals surface area (Å²) in [6, 6.07) is 4.30. The number of nitrogens with zero attached hydrogens (tertiary/aromatic N) is 2. The van der Waals surface area contributed by atoms with Gasteiger partial charge in [-0.3, -0.25) is 9.69 Å². The quantitative estimate of drug-likeness (QED) is 0.808. The number of hydrogen-bond donors (Lipinski definition) is 1. The van der Waals surface area contributed by atoms with E-state index in [1.54, 1.807) is 0 Å². The maximum Gasteiger partial charge on any atom is 0.352 e. The number of hydrogen-bond acceptors (Lipinski definition) is 4. The van der Waals surface area contributed by atoms with Crippen molar-refractivity contribution in [1.29, 1.82) is 0 Å². The van der Waals surface area contributed by atoms with Crippen LogP contribution in [0.3, 0.4) is 0 Å². The van der Waals surface area contributed by atoms with Gasteiger partial charge >= 0.3 is 5.97 Å². The molecule has 98 valence electrons. The minimum absolute atomic E-state index is 0.0377. The maximum atomic E-state index is 11.7. The number of aromatic carboxylic acids is 1. The lowest BCUT2D eigenvalue weighted by Crippen LogP contribution is -2.39. The Morgan fingerprint density at radius 3 is 2.67 bits per heavy atom. The number of rotatable bonds is 4. The van der Waals surface area contributed by atoms with Gasteiger partial charge in [-0.15, -0.1) is 0 Å². The summed E-state index contributed by atoms with van der Waals surface area (Å²) in [6.45, 7) is 4.08. The Bertz CT molecular complexity index is 477. The highest BCUT2D eigenvalue weighted by molar-refractivity contribution is 5.85. The molecule has 1 aromatic heterocycles. The van der Waals surface area contributed by atoms with E-state index in [4.69, 9.17) is 9.84 Å². The van der Waals surface area contributed by atoms with Crippen molar-refractivity contribution in [3.63, 3.8) is 0 Å². The molecular weight excluding hydrogens is 236 g/mol. The molecule has 6 nitrogen and oxygen atoms in total. The normalized spacial score (nSPS) is 16.7. The Kier molecular flexibility index (Phi) is 4.11. The lowest BCUT2D eigenvalue weighted by Gasteiger charge is -2.26. The monoisotopic (exact) mass is 252 g/mol. The second kappa shape index (κ2) is 5.79. The average Bonchev–Trinajstić information content (AvgIpc) is 2.38. The number of carboxylic acid groups (broad SMARTS) is 1. The zero-order valence-electron chi connectivity index (χ0n) is 10.0. The van der Waals surface area contributed by atoms with E-state index in [9.17, 15) is 9.59 Å². The van der Waals surface area contributed by atoms with Gasteiger partial charge in [-0.2, -0.15) is 0 Å². The van der Waals surface area contributed by atoms with Crippen molar-refractivity contribution in [3.8, 4) is 0 Å². The number of pyridine rings is 1. The van der Waals surface area contributed by atoms with Crippen molar-refractivity contribution in [2.24, 2.45) is 0 Å². The molecule has 0 aliphatic carbocycles. The molecule has 1 N–H and O–H groups in total. The molecule has 1 aromatic rings. The molecule has 0 amide bonds. The van der Waals surface area contributed by atoms with Crippen LogP contribution in [0.4, 0.5) is 0 Å². The van der Waals surface area contributed by atoms with Crippen LogP contribution in [0.15, 0.2) is 23.0 Å². The first-order valence-electron chi connectivity index (χ1n) is 5.92. The van der Waals surface area contributed by atoms with E-state index in [0.717, 1.165) is 13.1 Å². The first-order chi connectivity index (χ1) is 8.68. The molecule has 0 saturated carbocycles. The highest BCUT2D eigenvalue weighted by Gasteiger charge is 2.13. The zero-order chi connectivity index (χ0) is 13.0. The van der Waals surface area contributed by atoms with Gasteiger partial charge < -0.3 is 14.4 Å². The van der Waals surface area contributed by atoms with Gasteiger partial charge in [0, 0.05) is 32.2 Å². The third kappa shape index (κ3) is 2.96. The van der Waals surface area contributed by atoms with E-state index in [-0.39, 0.29) is 11.3 Å². The second-order valence-electron chi connectivity index (χ2n) is 4.16. The zero-order valence-corrected chi connectivity index (χ0v) is 10.0. The van der Waals surface area contributed by atoms with Crippen LogP contribution >= 0.6 is 0 Å². The molecule has 18 heavy (non-hydrogen) atoms. The van der Waals surface area contributed by atoms with Crippen molar-refractivity contribution >= 4 is 5.97 Å². The number of morpholine rings is 1. The van der Waals surface area contributed by atoms with Crippen molar-refractivity contribution in [2.75, 3.05) is 32.8 Å². The van der Waals surface area contributed by atoms with Crippen LogP contribution in [-0.2, 0) is 11.3 Å². The third-order valence-electron chi connectivity index (χ3n) is 3.01. The van der Waals surface area contributed by atoms with Crippen molar-refractivity contribution in [2.45, 2.75) is 6.54 Å². The van der Waals surface area contributed by atoms with E-state index in [2.05, 4.69) is 4.90 Å². The van der Waals surface area contributed by atoms with Crippen molar-refractivity contribution < 1.29 is 14.6 Å². The summed E-state index contributed by atoms with van der Waals surface area (Å²) < 4.78 is 6.54. The summed E-state index contributed by atoms with van der Waals surface area (Å²) in [5.41, 5.74) is -0.237. The molecule has 0 bridgehead atoms.